The van der Waals surface area contributed by atoms with Gasteiger partial charge in [-0.05, 0) is 19.9 Å². The molecule has 2 rings (SSSR count). The first kappa shape index (κ1) is 15.3. The molecular weight excluding hydrogens is 262 g/mol. The van der Waals surface area contributed by atoms with Crippen molar-refractivity contribution in [2.24, 2.45) is 7.05 Å². The summed E-state index contributed by atoms with van der Waals surface area (Å²) in [5.74, 6) is 0.903. The van der Waals surface area contributed by atoms with E-state index in [1.54, 1.807) is 6.08 Å². The summed E-state index contributed by atoms with van der Waals surface area (Å²) in [6.07, 6.45) is 3.68. The van der Waals surface area contributed by atoms with Gasteiger partial charge in [0.15, 0.2) is 0 Å². The van der Waals surface area contributed by atoms with Crippen LogP contribution in [-0.4, -0.2) is 16.4 Å². The summed E-state index contributed by atoms with van der Waals surface area (Å²) < 4.78 is 7.58. The Labute approximate surface area is 126 Å². The van der Waals surface area contributed by atoms with Gasteiger partial charge in [-0.25, -0.2) is 0 Å². The normalized spacial score (nSPS) is 12.1. The third-order valence-corrected chi connectivity index (χ3v) is 3.67. The van der Waals surface area contributed by atoms with Gasteiger partial charge in [-0.15, -0.1) is 0 Å². The molecule has 4 heteroatoms. The minimum absolute atomic E-state index is 0.242. The van der Waals surface area contributed by atoms with Crippen molar-refractivity contribution in [2.45, 2.75) is 26.4 Å². The Morgan fingerprint density at radius 2 is 2.19 bits per heavy atom. The van der Waals surface area contributed by atoms with Crippen molar-refractivity contribution in [2.75, 3.05) is 6.61 Å². The molecule has 1 unspecified atom stereocenters. The number of rotatable bonds is 7. The fourth-order valence-electron chi connectivity index (χ4n) is 2.25. The maximum atomic E-state index is 5.68. The first-order valence-corrected chi connectivity index (χ1v) is 7.17. The van der Waals surface area contributed by atoms with Gasteiger partial charge in [0.25, 0.3) is 0 Å². The lowest BCUT2D eigenvalue weighted by atomic mass is 10.1. The van der Waals surface area contributed by atoms with Crippen LogP contribution in [0.4, 0.5) is 0 Å². The fourth-order valence-corrected chi connectivity index (χ4v) is 2.25. The van der Waals surface area contributed by atoms with Gasteiger partial charge in [0.1, 0.15) is 12.4 Å². The van der Waals surface area contributed by atoms with Gasteiger partial charge in [-0.3, -0.25) is 4.68 Å². The molecule has 1 atom stereocenters. The van der Waals surface area contributed by atoms with Gasteiger partial charge >= 0.3 is 0 Å². The van der Waals surface area contributed by atoms with Crippen molar-refractivity contribution in [3.05, 3.63) is 59.9 Å². The highest BCUT2D eigenvalue weighted by atomic mass is 16.5. The largest absolute Gasteiger partial charge is 0.489 e. The highest BCUT2D eigenvalue weighted by molar-refractivity contribution is 5.33. The summed E-state index contributed by atoms with van der Waals surface area (Å²) in [5, 5.41) is 7.82. The van der Waals surface area contributed by atoms with E-state index in [-0.39, 0.29) is 6.04 Å². The summed E-state index contributed by atoms with van der Waals surface area (Å²) in [7, 11) is 1.96. The predicted molar refractivity (Wildman–Crippen MR) is 85.3 cm³/mol. The lowest BCUT2D eigenvalue weighted by molar-refractivity contribution is 0.357. The standard InChI is InChI=1S/C17H23N3O/c1-5-10-21-17-9-7-6-8-15(17)11-18-13(2)16-12-19-20(4)14(16)3/h5-9,12-13,18H,1,10-11H2,2-4H3. The van der Waals surface area contributed by atoms with Crippen molar-refractivity contribution in [1.29, 1.82) is 0 Å². The molecule has 0 saturated heterocycles. The van der Waals surface area contributed by atoms with E-state index in [0.717, 1.165) is 17.9 Å². The van der Waals surface area contributed by atoms with Crippen LogP contribution in [-0.2, 0) is 13.6 Å². The lowest BCUT2D eigenvalue weighted by Gasteiger charge is -2.16. The monoisotopic (exact) mass is 285 g/mol. The van der Waals surface area contributed by atoms with Gasteiger partial charge in [0.2, 0.25) is 0 Å². The third-order valence-electron chi connectivity index (χ3n) is 3.67. The smallest absolute Gasteiger partial charge is 0.124 e. The molecular formula is C17H23N3O. The maximum absolute atomic E-state index is 5.68. The number of aryl methyl sites for hydroxylation is 1. The maximum Gasteiger partial charge on any atom is 0.124 e. The topological polar surface area (TPSA) is 39.1 Å². The van der Waals surface area contributed by atoms with Gasteiger partial charge in [0.05, 0.1) is 6.20 Å². The fraction of sp³-hybridized carbons (Fsp3) is 0.353. The van der Waals surface area contributed by atoms with E-state index in [9.17, 15) is 0 Å². The molecule has 0 aliphatic heterocycles. The minimum atomic E-state index is 0.242. The van der Waals surface area contributed by atoms with Crippen molar-refractivity contribution in [3.8, 4) is 5.75 Å². The average molecular weight is 285 g/mol. The van der Waals surface area contributed by atoms with Crippen molar-refractivity contribution in [3.63, 3.8) is 0 Å². The molecule has 0 amide bonds. The first-order chi connectivity index (χ1) is 10.1. The van der Waals surface area contributed by atoms with E-state index in [4.69, 9.17) is 4.74 Å². The zero-order valence-corrected chi connectivity index (χ0v) is 13.0. The molecule has 1 N–H and O–H groups in total. The van der Waals surface area contributed by atoms with E-state index in [0.29, 0.717) is 6.61 Å². The van der Waals surface area contributed by atoms with Crippen molar-refractivity contribution in [1.82, 2.24) is 15.1 Å². The molecule has 0 spiro atoms. The number of hydrogen-bond donors (Lipinski definition) is 1. The number of benzene rings is 1. The zero-order valence-electron chi connectivity index (χ0n) is 13.0. The Bertz CT molecular complexity index is 604. The number of aromatic nitrogens is 2. The molecule has 21 heavy (non-hydrogen) atoms. The van der Waals surface area contributed by atoms with Crippen LogP contribution in [0.2, 0.25) is 0 Å². The highest BCUT2D eigenvalue weighted by Gasteiger charge is 2.12. The van der Waals surface area contributed by atoms with Crippen LogP contribution in [0.5, 0.6) is 5.75 Å². The van der Waals surface area contributed by atoms with Crippen molar-refractivity contribution < 1.29 is 4.74 Å². The highest BCUT2D eigenvalue weighted by Crippen LogP contribution is 2.21. The molecule has 112 valence electrons. The van der Waals surface area contributed by atoms with Gasteiger partial charge in [-0.1, -0.05) is 30.9 Å². The molecule has 0 radical (unpaired) electrons. The van der Waals surface area contributed by atoms with E-state index >= 15 is 0 Å². The average Bonchev–Trinajstić information content (AvgIpc) is 2.83. The second-order valence-electron chi connectivity index (χ2n) is 5.12. The lowest BCUT2D eigenvalue weighted by Crippen LogP contribution is -2.19. The Morgan fingerprint density at radius 1 is 1.43 bits per heavy atom. The number of nitrogens with zero attached hydrogens (tertiary/aromatic N) is 2. The SMILES string of the molecule is C=CCOc1ccccc1CNC(C)c1cnn(C)c1C. The van der Waals surface area contributed by atoms with Gasteiger partial charge < -0.3 is 10.1 Å². The Kier molecular flexibility index (Phi) is 5.17. The Hall–Kier alpha value is -2.07. The molecule has 0 aliphatic rings. The molecule has 0 bridgehead atoms. The van der Waals surface area contributed by atoms with Crippen LogP contribution >= 0.6 is 0 Å². The van der Waals surface area contributed by atoms with E-state index < -0.39 is 0 Å². The number of ether oxygens (including phenoxy) is 1. The van der Waals surface area contributed by atoms with Crippen LogP contribution in [0.3, 0.4) is 0 Å². The second-order valence-corrected chi connectivity index (χ2v) is 5.12. The van der Waals surface area contributed by atoms with Gasteiger partial charge in [-0.2, -0.15) is 5.10 Å². The molecule has 0 aliphatic carbocycles. The van der Waals surface area contributed by atoms with Crippen LogP contribution in [0.25, 0.3) is 0 Å². The predicted octanol–water partition coefficient (Wildman–Crippen LogP) is 3.14. The number of hydrogen-bond acceptors (Lipinski definition) is 3. The van der Waals surface area contributed by atoms with Crippen LogP contribution in [0.15, 0.2) is 43.1 Å². The van der Waals surface area contributed by atoms with Crippen LogP contribution in [0.1, 0.15) is 29.8 Å². The molecule has 1 aromatic heterocycles. The number of nitrogens with one attached hydrogen (secondary N) is 1. The summed E-state index contributed by atoms with van der Waals surface area (Å²) in [5.41, 5.74) is 3.56. The Morgan fingerprint density at radius 3 is 2.86 bits per heavy atom. The molecule has 4 nitrogen and oxygen atoms in total. The number of para-hydroxylation sites is 1. The summed E-state index contributed by atoms with van der Waals surface area (Å²) in [4.78, 5) is 0. The van der Waals surface area contributed by atoms with E-state index in [1.807, 2.05) is 36.1 Å². The molecule has 0 saturated carbocycles. The van der Waals surface area contributed by atoms with E-state index in [1.165, 1.54) is 11.3 Å². The summed E-state index contributed by atoms with van der Waals surface area (Å²) in [6.45, 7) is 9.19. The van der Waals surface area contributed by atoms with Crippen molar-refractivity contribution >= 4 is 0 Å². The first-order valence-electron chi connectivity index (χ1n) is 7.17. The molecule has 2 aromatic rings. The summed E-state index contributed by atoms with van der Waals surface area (Å²) >= 11 is 0. The molecule has 0 fully saturated rings. The van der Waals surface area contributed by atoms with E-state index in [2.05, 4.69) is 36.9 Å². The third kappa shape index (κ3) is 3.73. The summed E-state index contributed by atoms with van der Waals surface area (Å²) in [6, 6.07) is 8.31. The quantitative estimate of drug-likeness (QED) is 0.794. The minimum Gasteiger partial charge on any atom is -0.489 e. The second kappa shape index (κ2) is 7.09. The molecule has 1 aromatic carbocycles. The van der Waals surface area contributed by atoms with Gasteiger partial charge in [0, 0.05) is 36.5 Å². The van der Waals surface area contributed by atoms with Crippen LogP contribution in [0, 0.1) is 6.92 Å². The molecule has 1 heterocycles. The Balaban J connectivity index is 2.02. The van der Waals surface area contributed by atoms with Crippen LogP contribution < -0.4 is 10.1 Å². The zero-order chi connectivity index (χ0) is 15.2.